The van der Waals surface area contributed by atoms with E-state index >= 15 is 0 Å². The molecule has 0 spiro atoms. The Hall–Kier alpha value is -1.85. The van der Waals surface area contributed by atoms with Gasteiger partial charge in [-0.25, -0.2) is 0 Å². The molecule has 6 heteroatoms. The number of halogens is 3. The fourth-order valence-electron chi connectivity index (χ4n) is 2.03. The van der Waals surface area contributed by atoms with Crippen LogP contribution >= 0.6 is 0 Å². The van der Waals surface area contributed by atoms with Crippen molar-refractivity contribution < 1.29 is 13.2 Å². The average molecular weight is 239 g/mol. The summed E-state index contributed by atoms with van der Waals surface area (Å²) in [5.74, 6) is 0. The molecular weight excluding hydrogens is 231 g/mol. The standard InChI is InChI=1S/C11H8F3N3/c1-17-8-5-3-2-4-7(8)6-9(17)10(15-16-10)11(12,13)14/h2-6H,1H3. The largest absolute Gasteiger partial charge is 0.443 e. The normalized spacial score (nSPS) is 17.6. The zero-order chi connectivity index (χ0) is 12.3. The first-order valence-corrected chi connectivity index (χ1v) is 5.01. The number of rotatable bonds is 1. The van der Waals surface area contributed by atoms with Crippen molar-refractivity contribution in [3.63, 3.8) is 0 Å². The summed E-state index contributed by atoms with van der Waals surface area (Å²) < 4.78 is 40.2. The Morgan fingerprint density at radius 3 is 2.35 bits per heavy atom. The van der Waals surface area contributed by atoms with E-state index in [1.165, 1.54) is 10.6 Å². The summed E-state index contributed by atoms with van der Waals surface area (Å²) in [6.45, 7) is 0. The first kappa shape index (κ1) is 10.3. The maximum atomic E-state index is 12.9. The third kappa shape index (κ3) is 1.23. The highest BCUT2D eigenvalue weighted by atomic mass is 19.4. The van der Waals surface area contributed by atoms with E-state index < -0.39 is 11.8 Å². The fraction of sp³-hybridized carbons (Fsp3) is 0.273. The van der Waals surface area contributed by atoms with E-state index in [9.17, 15) is 13.2 Å². The van der Waals surface area contributed by atoms with Crippen molar-refractivity contribution in [3.8, 4) is 0 Å². The van der Waals surface area contributed by atoms with Crippen molar-refractivity contribution in [1.82, 2.24) is 4.57 Å². The smallest absolute Gasteiger partial charge is 0.343 e. The lowest BCUT2D eigenvalue weighted by atomic mass is 10.1. The molecule has 2 heterocycles. The van der Waals surface area contributed by atoms with Gasteiger partial charge in [0.2, 0.25) is 0 Å². The number of hydrogen-bond acceptors (Lipinski definition) is 2. The molecule has 0 fully saturated rings. The molecule has 0 saturated heterocycles. The van der Waals surface area contributed by atoms with Gasteiger partial charge < -0.3 is 4.57 Å². The third-order valence-corrected chi connectivity index (χ3v) is 3.00. The zero-order valence-electron chi connectivity index (χ0n) is 8.86. The molecule has 0 atom stereocenters. The van der Waals surface area contributed by atoms with Crippen LogP contribution in [0.5, 0.6) is 0 Å². The SMILES string of the molecule is Cn1c(C2(C(F)(F)F)N=N2)cc2ccccc21. The molecule has 17 heavy (non-hydrogen) atoms. The van der Waals surface area contributed by atoms with Crippen LogP contribution in [0.4, 0.5) is 13.2 Å². The number of alkyl halides is 3. The number of aromatic nitrogens is 1. The summed E-state index contributed by atoms with van der Waals surface area (Å²) in [6, 6.07) is 8.60. The van der Waals surface area contributed by atoms with Gasteiger partial charge in [-0.15, -0.1) is 10.2 Å². The maximum Gasteiger partial charge on any atom is 0.443 e. The van der Waals surface area contributed by atoms with Crippen molar-refractivity contribution in [2.24, 2.45) is 17.3 Å². The highest BCUT2D eigenvalue weighted by molar-refractivity contribution is 5.81. The van der Waals surface area contributed by atoms with Crippen molar-refractivity contribution in [1.29, 1.82) is 0 Å². The van der Waals surface area contributed by atoms with Crippen LogP contribution < -0.4 is 0 Å². The predicted molar refractivity (Wildman–Crippen MR) is 55.5 cm³/mol. The summed E-state index contributed by atoms with van der Waals surface area (Å²) in [6.07, 6.45) is -4.48. The van der Waals surface area contributed by atoms with Gasteiger partial charge >= 0.3 is 11.8 Å². The molecule has 1 aromatic carbocycles. The first-order valence-electron chi connectivity index (χ1n) is 5.01. The number of para-hydroxylation sites is 1. The van der Waals surface area contributed by atoms with Crippen molar-refractivity contribution in [3.05, 3.63) is 36.0 Å². The monoisotopic (exact) mass is 239 g/mol. The molecule has 88 valence electrons. The van der Waals surface area contributed by atoms with Crippen LogP contribution in [0.3, 0.4) is 0 Å². The molecule has 3 rings (SSSR count). The second kappa shape index (κ2) is 2.88. The van der Waals surface area contributed by atoms with Gasteiger partial charge in [-0.2, -0.15) is 13.2 Å². The van der Waals surface area contributed by atoms with E-state index in [0.29, 0.717) is 0 Å². The van der Waals surface area contributed by atoms with Crippen molar-refractivity contribution >= 4 is 10.9 Å². The fourth-order valence-corrected chi connectivity index (χ4v) is 2.03. The number of hydrogen-bond donors (Lipinski definition) is 0. The van der Waals surface area contributed by atoms with Gasteiger partial charge in [-0.1, -0.05) is 18.2 Å². The van der Waals surface area contributed by atoms with Gasteiger partial charge in [0.25, 0.3) is 0 Å². The molecule has 1 aliphatic rings. The zero-order valence-corrected chi connectivity index (χ0v) is 8.86. The molecule has 0 radical (unpaired) electrons. The highest BCUT2D eigenvalue weighted by Gasteiger charge is 2.66. The number of fused-ring (bicyclic) bond motifs is 1. The van der Waals surface area contributed by atoms with E-state index in [2.05, 4.69) is 10.2 Å². The molecule has 0 saturated carbocycles. The molecule has 2 aromatic rings. The molecule has 0 N–H and O–H groups in total. The third-order valence-electron chi connectivity index (χ3n) is 3.00. The lowest BCUT2D eigenvalue weighted by Crippen LogP contribution is -2.31. The molecule has 0 aliphatic carbocycles. The van der Waals surface area contributed by atoms with Gasteiger partial charge in [0.15, 0.2) is 0 Å². The predicted octanol–water partition coefficient (Wildman–Crippen LogP) is 3.36. The van der Waals surface area contributed by atoms with E-state index in [0.717, 1.165) is 10.9 Å². The quantitative estimate of drug-likeness (QED) is 0.730. The minimum atomic E-state index is -4.48. The van der Waals surface area contributed by atoms with Gasteiger partial charge in [0, 0.05) is 18.0 Å². The van der Waals surface area contributed by atoms with Crippen LogP contribution in [0.1, 0.15) is 5.69 Å². The van der Waals surface area contributed by atoms with Crippen molar-refractivity contribution in [2.75, 3.05) is 0 Å². The lowest BCUT2D eigenvalue weighted by molar-refractivity contribution is -0.167. The number of benzene rings is 1. The minimum Gasteiger partial charge on any atom is -0.343 e. The minimum absolute atomic E-state index is 0.0613. The Morgan fingerprint density at radius 1 is 1.18 bits per heavy atom. The molecule has 0 bridgehead atoms. The van der Waals surface area contributed by atoms with E-state index in [4.69, 9.17) is 0 Å². The number of aryl methyl sites for hydroxylation is 1. The Balaban J connectivity index is 2.23. The van der Waals surface area contributed by atoms with Crippen LogP contribution in [0.15, 0.2) is 40.6 Å². The first-order chi connectivity index (χ1) is 7.96. The molecule has 0 amide bonds. The van der Waals surface area contributed by atoms with Crippen LogP contribution in [-0.2, 0) is 12.7 Å². The Bertz CT molecular complexity index is 618. The summed E-state index contributed by atoms with van der Waals surface area (Å²) in [4.78, 5) is 0. The highest BCUT2D eigenvalue weighted by Crippen LogP contribution is 2.53. The Kier molecular flexibility index (Phi) is 1.75. The summed E-state index contributed by atoms with van der Waals surface area (Å²) in [5.41, 5.74) is -1.55. The summed E-state index contributed by atoms with van der Waals surface area (Å²) >= 11 is 0. The average Bonchev–Trinajstić information content (AvgIpc) is 3.01. The van der Waals surface area contributed by atoms with Crippen LogP contribution in [0.2, 0.25) is 0 Å². The molecular formula is C11H8F3N3. The van der Waals surface area contributed by atoms with Crippen molar-refractivity contribution in [2.45, 2.75) is 11.8 Å². The summed E-state index contributed by atoms with van der Waals surface area (Å²) in [5, 5.41) is 7.18. The number of nitrogens with zero attached hydrogens (tertiary/aromatic N) is 3. The second-order valence-corrected chi connectivity index (χ2v) is 4.02. The lowest BCUT2D eigenvalue weighted by Gasteiger charge is -2.15. The maximum absolute atomic E-state index is 12.9. The van der Waals surface area contributed by atoms with Gasteiger partial charge in [-0.3, -0.25) is 0 Å². The Morgan fingerprint density at radius 2 is 1.82 bits per heavy atom. The Labute approximate surface area is 94.6 Å². The van der Waals surface area contributed by atoms with Crippen LogP contribution in [-0.4, -0.2) is 10.7 Å². The van der Waals surface area contributed by atoms with Crippen LogP contribution in [0, 0.1) is 0 Å². The van der Waals surface area contributed by atoms with E-state index in [1.807, 2.05) is 0 Å². The van der Waals surface area contributed by atoms with Crippen LogP contribution in [0.25, 0.3) is 10.9 Å². The van der Waals surface area contributed by atoms with Gasteiger partial charge in [0.05, 0.1) is 5.69 Å². The van der Waals surface area contributed by atoms with E-state index in [1.54, 1.807) is 31.3 Å². The molecule has 0 unspecified atom stereocenters. The molecule has 3 nitrogen and oxygen atoms in total. The molecule has 1 aromatic heterocycles. The summed E-state index contributed by atoms with van der Waals surface area (Å²) in [7, 11) is 1.59. The van der Waals surface area contributed by atoms with E-state index in [-0.39, 0.29) is 5.69 Å². The van der Waals surface area contributed by atoms with Gasteiger partial charge in [-0.05, 0) is 12.1 Å². The molecule has 1 aliphatic heterocycles. The topological polar surface area (TPSA) is 29.6 Å². The van der Waals surface area contributed by atoms with Gasteiger partial charge in [0.1, 0.15) is 0 Å². The second-order valence-electron chi connectivity index (χ2n) is 4.02.